The van der Waals surface area contributed by atoms with Gasteiger partial charge in [-0.2, -0.15) is 0 Å². The van der Waals surface area contributed by atoms with E-state index in [0.717, 1.165) is 31.7 Å². The van der Waals surface area contributed by atoms with Crippen LogP contribution in [-0.4, -0.2) is 13.2 Å². The molecular formula is C16H27NO. The van der Waals surface area contributed by atoms with E-state index in [1.54, 1.807) is 0 Å². The van der Waals surface area contributed by atoms with E-state index in [4.69, 9.17) is 10.5 Å². The van der Waals surface area contributed by atoms with Crippen molar-refractivity contribution in [3.8, 4) is 5.75 Å². The Morgan fingerprint density at radius 1 is 1.22 bits per heavy atom. The first-order valence-corrected chi connectivity index (χ1v) is 6.99. The Morgan fingerprint density at radius 2 is 2.00 bits per heavy atom. The predicted octanol–water partition coefficient (Wildman–Crippen LogP) is 3.78. The van der Waals surface area contributed by atoms with Crippen LogP contribution in [0.5, 0.6) is 5.75 Å². The Labute approximate surface area is 112 Å². The van der Waals surface area contributed by atoms with Crippen LogP contribution < -0.4 is 10.5 Å². The molecule has 0 fully saturated rings. The van der Waals surface area contributed by atoms with E-state index in [0.29, 0.717) is 0 Å². The van der Waals surface area contributed by atoms with Crippen LogP contribution in [0, 0.1) is 5.41 Å². The van der Waals surface area contributed by atoms with Gasteiger partial charge >= 0.3 is 0 Å². The Hall–Kier alpha value is -1.02. The summed E-state index contributed by atoms with van der Waals surface area (Å²) in [5.74, 6) is 0.993. The number of nitrogens with two attached hydrogens (primary N) is 1. The van der Waals surface area contributed by atoms with Crippen LogP contribution in [0.15, 0.2) is 24.3 Å². The average molecular weight is 249 g/mol. The monoisotopic (exact) mass is 249 g/mol. The summed E-state index contributed by atoms with van der Waals surface area (Å²) in [4.78, 5) is 0. The number of rotatable bonds is 8. The molecule has 0 aliphatic rings. The van der Waals surface area contributed by atoms with Crippen molar-refractivity contribution in [2.45, 2.75) is 46.5 Å². The number of hydrogen-bond acceptors (Lipinski definition) is 2. The second-order valence-electron chi connectivity index (χ2n) is 5.67. The van der Waals surface area contributed by atoms with Gasteiger partial charge in [-0.25, -0.2) is 0 Å². The minimum atomic E-state index is 0.266. The molecule has 0 atom stereocenters. The van der Waals surface area contributed by atoms with Gasteiger partial charge < -0.3 is 10.5 Å². The van der Waals surface area contributed by atoms with Crippen molar-refractivity contribution < 1.29 is 4.74 Å². The van der Waals surface area contributed by atoms with Crippen molar-refractivity contribution in [1.82, 2.24) is 0 Å². The van der Waals surface area contributed by atoms with Crippen molar-refractivity contribution in [3.05, 3.63) is 29.8 Å². The van der Waals surface area contributed by atoms with E-state index in [1.165, 1.54) is 18.4 Å². The molecule has 0 saturated heterocycles. The molecule has 1 aromatic carbocycles. The Balaban J connectivity index is 2.21. The van der Waals surface area contributed by atoms with Crippen LogP contribution in [0.25, 0.3) is 0 Å². The Morgan fingerprint density at radius 3 is 2.67 bits per heavy atom. The topological polar surface area (TPSA) is 35.2 Å². The molecule has 0 radical (unpaired) electrons. The predicted molar refractivity (Wildman–Crippen MR) is 78.0 cm³/mol. The molecular weight excluding hydrogens is 222 g/mol. The molecule has 1 rings (SSSR count). The average Bonchev–Trinajstić information content (AvgIpc) is 2.38. The lowest BCUT2D eigenvalue weighted by molar-refractivity contribution is 0.278. The summed E-state index contributed by atoms with van der Waals surface area (Å²) in [6.07, 6.45) is 4.50. The molecule has 2 N–H and O–H groups in total. The zero-order valence-electron chi connectivity index (χ0n) is 12.0. The van der Waals surface area contributed by atoms with Crippen LogP contribution in [0.3, 0.4) is 0 Å². The van der Waals surface area contributed by atoms with Crippen molar-refractivity contribution in [2.75, 3.05) is 13.2 Å². The maximum absolute atomic E-state index is 5.77. The van der Waals surface area contributed by atoms with Gasteiger partial charge in [-0.15, -0.1) is 0 Å². The third-order valence-corrected chi connectivity index (χ3v) is 3.38. The fraction of sp³-hybridized carbons (Fsp3) is 0.625. The third-order valence-electron chi connectivity index (χ3n) is 3.38. The van der Waals surface area contributed by atoms with E-state index < -0.39 is 0 Å². The van der Waals surface area contributed by atoms with Crippen molar-refractivity contribution in [1.29, 1.82) is 0 Å². The second kappa shape index (κ2) is 7.42. The van der Waals surface area contributed by atoms with Gasteiger partial charge in [0.05, 0.1) is 6.61 Å². The van der Waals surface area contributed by atoms with E-state index in [9.17, 15) is 0 Å². The quantitative estimate of drug-likeness (QED) is 0.712. The lowest BCUT2D eigenvalue weighted by atomic mass is 9.87. The minimum absolute atomic E-state index is 0.266. The summed E-state index contributed by atoms with van der Waals surface area (Å²) in [6.45, 7) is 8.16. The standard InChI is InChI=1S/C16H27NO/c1-4-14-8-7-9-15(12-14)18-11-6-5-10-16(2,3)13-17/h7-9,12H,4-6,10-11,13,17H2,1-3H3. The smallest absolute Gasteiger partial charge is 0.119 e. The molecule has 18 heavy (non-hydrogen) atoms. The molecule has 0 spiro atoms. The first-order valence-electron chi connectivity index (χ1n) is 6.99. The Bertz CT molecular complexity index is 347. The first kappa shape index (κ1) is 15.0. The molecule has 0 aromatic heterocycles. The zero-order chi connectivity index (χ0) is 13.4. The molecule has 0 aliphatic carbocycles. The molecule has 102 valence electrons. The fourth-order valence-electron chi connectivity index (χ4n) is 1.85. The van der Waals surface area contributed by atoms with Crippen LogP contribution in [0.1, 0.15) is 45.6 Å². The fourth-order valence-corrected chi connectivity index (χ4v) is 1.85. The summed E-state index contributed by atoms with van der Waals surface area (Å²) in [5.41, 5.74) is 7.31. The van der Waals surface area contributed by atoms with Crippen molar-refractivity contribution >= 4 is 0 Å². The van der Waals surface area contributed by atoms with Crippen LogP contribution in [-0.2, 0) is 6.42 Å². The van der Waals surface area contributed by atoms with Gasteiger partial charge in [-0.05, 0) is 55.3 Å². The summed E-state index contributed by atoms with van der Waals surface area (Å²) < 4.78 is 5.77. The normalized spacial score (nSPS) is 11.6. The van der Waals surface area contributed by atoms with Gasteiger partial charge in [-0.3, -0.25) is 0 Å². The van der Waals surface area contributed by atoms with E-state index in [-0.39, 0.29) is 5.41 Å². The van der Waals surface area contributed by atoms with Gasteiger partial charge in [0.1, 0.15) is 5.75 Å². The van der Waals surface area contributed by atoms with Gasteiger partial charge in [0.15, 0.2) is 0 Å². The maximum atomic E-state index is 5.77. The van der Waals surface area contributed by atoms with E-state index >= 15 is 0 Å². The number of aryl methyl sites for hydroxylation is 1. The van der Waals surface area contributed by atoms with Gasteiger partial charge in [0.25, 0.3) is 0 Å². The van der Waals surface area contributed by atoms with E-state index in [2.05, 4.69) is 39.0 Å². The lowest BCUT2D eigenvalue weighted by Crippen LogP contribution is -2.23. The summed E-state index contributed by atoms with van der Waals surface area (Å²) in [6, 6.07) is 8.36. The van der Waals surface area contributed by atoms with Gasteiger partial charge in [0.2, 0.25) is 0 Å². The first-order chi connectivity index (χ1) is 8.57. The molecule has 2 heteroatoms. The molecule has 1 aromatic rings. The Kier molecular flexibility index (Phi) is 6.20. The highest BCUT2D eigenvalue weighted by Crippen LogP contribution is 2.21. The highest BCUT2D eigenvalue weighted by Gasteiger charge is 2.14. The maximum Gasteiger partial charge on any atom is 0.119 e. The molecule has 0 heterocycles. The number of hydrogen-bond donors (Lipinski definition) is 1. The van der Waals surface area contributed by atoms with Crippen molar-refractivity contribution in [2.24, 2.45) is 11.1 Å². The van der Waals surface area contributed by atoms with Crippen LogP contribution in [0.4, 0.5) is 0 Å². The largest absolute Gasteiger partial charge is 0.494 e. The molecule has 0 unspecified atom stereocenters. The number of benzene rings is 1. The summed E-state index contributed by atoms with van der Waals surface area (Å²) >= 11 is 0. The molecule has 0 bridgehead atoms. The van der Waals surface area contributed by atoms with Crippen LogP contribution in [0.2, 0.25) is 0 Å². The minimum Gasteiger partial charge on any atom is -0.494 e. The zero-order valence-corrected chi connectivity index (χ0v) is 12.0. The summed E-state index contributed by atoms with van der Waals surface area (Å²) in [7, 11) is 0. The van der Waals surface area contributed by atoms with Gasteiger partial charge in [-0.1, -0.05) is 32.9 Å². The van der Waals surface area contributed by atoms with Gasteiger partial charge in [0, 0.05) is 0 Å². The molecule has 0 saturated carbocycles. The third kappa shape index (κ3) is 5.54. The SMILES string of the molecule is CCc1cccc(OCCCCC(C)(C)CN)c1. The molecule has 0 aliphatic heterocycles. The van der Waals surface area contributed by atoms with Crippen LogP contribution >= 0.6 is 0 Å². The highest BCUT2D eigenvalue weighted by molar-refractivity contribution is 5.28. The second-order valence-corrected chi connectivity index (χ2v) is 5.67. The summed E-state index contributed by atoms with van der Waals surface area (Å²) in [5, 5.41) is 0. The highest BCUT2D eigenvalue weighted by atomic mass is 16.5. The number of ether oxygens (including phenoxy) is 1. The molecule has 2 nitrogen and oxygen atoms in total. The number of unbranched alkanes of at least 4 members (excludes halogenated alkanes) is 1. The lowest BCUT2D eigenvalue weighted by Gasteiger charge is -2.21. The molecule has 0 amide bonds. The van der Waals surface area contributed by atoms with E-state index in [1.807, 2.05) is 6.07 Å². The van der Waals surface area contributed by atoms with Crippen molar-refractivity contribution in [3.63, 3.8) is 0 Å².